The van der Waals surface area contributed by atoms with Gasteiger partial charge in [0.1, 0.15) is 0 Å². The molecule has 0 aliphatic carbocycles. The third-order valence-electron chi connectivity index (χ3n) is 2.60. The van der Waals surface area contributed by atoms with E-state index in [1.54, 1.807) is 0 Å². The largest absolute Gasteiger partial charge is 0.381 e. The average molecular weight is 191 g/mol. The average Bonchev–Trinajstić information content (AvgIpc) is 2.48. The summed E-state index contributed by atoms with van der Waals surface area (Å²) in [6, 6.07) is 4.61. The first kappa shape index (κ1) is 9.46. The Hall–Kier alpha value is -1.09. The molecule has 0 bridgehead atoms. The molecule has 14 heavy (non-hydrogen) atoms. The first-order valence-corrected chi connectivity index (χ1v) is 5.32. The lowest BCUT2D eigenvalue weighted by Crippen LogP contribution is -2.30. The zero-order valence-electron chi connectivity index (χ0n) is 8.37. The van der Waals surface area contributed by atoms with Crippen LogP contribution in [0.25, 0.3) is 0 Å². The molecule has 1 saturated heterocycles. The van der Waals surface area contributed by atoms with Crippen LogP contribution in [0.3, 0.4) is 0 Å². The molecule has 3 heteroatoms. The summed E-state index contributed by atoms with van der Waals surface area (Å²) in [5.74, 6) is 0. The van der Waals surface area contributed by atoms with Crippen LogP contribution in [0.1, 0.15) is 19.3 Å². The second-order valence-corrected chi connectivity index (χ2v) is 3.78. The van der Waals surface area contributed by atoms with E-state index in [2.05, 4.69) is 15.6 Å². The van der Waals surface area contributed by atoms with Crippen LogP contribution < -0.4 is 10.6 Å². The van der Waals surface area contributed by atoms with Gasteiger partial charge in [0.05, 0.1) is 0 Å². The van der Waals surface area contributed by atoms with Gasteiger partial charge < -0.3 is 10.6 Å². The topological polar surface area (TPSA) is 37.0 Å². The Labute approximate surface area is 84.9 Å². The summed E-state index contributed by atoms with van der Waals surface area (Å²) >= 11 is 0. The molecular weight excluding hydrogens is 174 g/mol. The number of anilines is 1. The van der Waals surface area contributed by atoms with Crippen molar-refractivity contribution in [3.05, 3.63) is 24.5 Å². The molecule has 3 nitrogen and oxygen atoms in total. The van der Waals surface area contributed by atoms with Crippen molar-refractivity contribution in [1.29, 1.82) is 0 Å². The van der Waals surface area contributed by atoms with E-state index in [-0.39, 0.29) is 0 Å². The summed E-state index contributed by atoms with van der Waals surface area (Å²) in [5, 5.41) is 6.96. The lowest BCUT2D eigenvalue weighted by Gasteiger charge is -2.17. The minimum atomic E-state index is 0.569. The molecule has 0 saturated carbocycles. The summed E-state index contributed by atoms with van der Waals surface area (Å²) in [5.41, 5.74) is 1.17. The van der Waals surface area contributed by atoms with Crippen molar-refractivity contribution in [2.24, 2.45) is 0 Å². The third-order valence-corrected chi connectivity index (χ3v) is 2.60. The normalized spacial score (nSPS) is 22.7. The second-order valence-electron chi connectivity index (χ2n) is 3.78. The van der Waals surface area contributed by atoms with Crippen molar-refractivity contribution in [3.8, 4) is 0 Å². The highest BCUT2D eigenvalue weighted by Crippen LogP contribution is 2.11. The van der Waals surface area contributed by atoms with E-state index in [1.807, 2.05) is 24.5 Å². The molecule has 0 spiro atoms. The Balaban J connectivity index is 1.90. The van der Waals surface area contributed by atoms with Crippen molar-refractivity contribution in [1.82, 2.24) is 10.3 Å². The van der Waals surface area contributed by atoms with Crippen LogP contribution in [0.2, 0.25) is 0 Å². The number of pyridine rings is 1. The quantitative estimate of drug-likeness (QED) is 0.746. The van der Waals surface area contributed by atoms with Gasteiger partial charge in [-0.25, -0.2) is 0 Å². The zero-order chi connectivity index (χ0) is 9.64. The van der Waals surface area contributed by atoms with Crippen LogP contribution in [0.15, 0.2) is 24.5 Å². The fourth-order valence-corrected chi connectivity index (χ4v) is 1.83. The third kappa shape index (κ3) is 2.70. The maximum atomic E-state index is 4.00. The number of nitrogens with one attached hydrogen (secondary N) is 2. The fraction of sp³-hybridized carbons (Fsp3) is 0.545. The number of hydrogen-bond donors (Lipinski definition) is 2. The highest BCUT2D eigenvalue weighted by Gasteiger charge is 2.10. The molecule has 1 fully saturated rings. The van der Waals surface area contributed by atoms with Crippen LogP contribution in [-0.4, -0.2) is 24.1 Å². The van der Waals surface area contributed by atoms with Gasteiger partial charge >= 0.3 is 0 Å². The monoisotopic (exact) mass is 191 g/mol. The SMILES string of the molecule is c1cc(NC2CCCCNC2)ccn1. The predicted molar refractivity (Wildman–Crippen MR) is 58.4 cm³/mol. The summed E-state index contributed by atoms with van der Waals surface area (Å²) in [6.07, 6.45) is 7.53. The van der Waals surface area contributed by atoms with E-state index < -0.39 is 0 Å². The molecule has 1 aromatic heterocycles. The molecule has 2 N–H and O–H groups in total. The second kappa shape index (κ2) is 4.96. The van der Waals surface area contributed by atoms with Crippen molar-refractivity contribution in [3.63, 3.8) is 0 Å². The lowest BCUT2D eigenvalue weighted by molar-refractivity contribution is 0.636. The van der Waals surface area contributed by atoms with E-state index in [9.17, 15) is 0 Å². The van der Waals surface area contributed by atoms with Gasteiger partial charge in [0.25, 0.3) is 0 Å². The Morgan fingerprint density at radius 3 is 3.00 bits per heavy atom. The number of rotatable bonds is 2. The van der Waals surface area contributed by atoms with Crippen molar-refractivity contribution >= 4 is 5.69 Å². The molecule has 0 amide bonds. The molecule has 2 heterocycles. The molecule has 76 valence electrons. The molecule has 1 atom stereocenters. The molecule has 2 rings (SSSR count). The molecular formula is C11H17N3. The van der Waals surface area contributed by atoms with Gasteiger partial charge in [-0.2, -0.15) is 0 Å². The standard InChI is InChI=1S/C11H17N3/c1-2-6-13-9-11(3-1)14-10-4-7-12-8-5-10/h4-5,7-8,11,13H,1-3,6,9H2,(H,12,14). The van der Waals surface area contributed by atoms with Gasteiger partial charge in [-0.3, -0.25) is 4.98 Å². The van der Waals surface area contributed by atoms with E-state index in [0.717, 1.165) is 13.1 Å². The van der Waals surface area contributed by atoms with Gasteiger partial charge in [-0.15, -0.1) is 0 Å². The first-order valence-electron chi connectivity index (χ1n) is 5.32. The number of nitrogens with zero attached hydrogens (tertiary/aromatic N) is 1. The van der Waals surface area contributed by atoms with Crippen LogP contribution in [0.4, 0.5) is 5.69 Å². The van der Waals surface area contributed by atoms with Gasteiger partial charge in [0.15, 0.2) is 0 Å². The first-order chi connectivity index (χ1) is 6.95. The maximum Gasteiger partial charge on any atom is 0.0385 e. The smallest absolute Gasteiger partial charge is 0.0385 e. The van der Waals surface area contributed by atoms with Crippen molar-refractivity contribution < 1.29 is 0 Å². The highest BCUT2D eigenvalue weighted by atomic mass is 15.0. The summed E-state index contributed by atoms with van der Waals surface area (Å²) in [6.45, 7) is 2.23. The molecule has 0 aromatic carbocycles. The van der Waals surface area contributed by atoms with Crippen LogP contribution in [-0.2, 0) is 0 Å². The van der Waals surface area contributed by atoms with Crippen molar-refractivity contribution in [2.75, 3.05) is 18.4 Å². The summed E-state index contributed by atoms with van der Waals surface area (Å²) in [4.78, 5) is 4.00. The highest BCUT2D eigenvalue weighted by molar-refractivity contribution is 5.41. The van der Waals surface area contributed by atoms with E-state index >= 15 is 0 Å². The van der Waals surface area contributed by atoms with Crippen LogP contribution in [0.5, 0.6) is 0 Å². The minimum Gasteiger partial charge on any atom is -0.381 e. The summed E-state index contributed by atoms with van der Waals surface area (Å²) in [7, 11) is 0. The molecule has 0 radical (unpaired) electrons. The van der Waals surface area contributed by atoms with Crippen LogP contribution in [0, 0.1) is 0 Å². The minimum absolute atomic E-state index is 0.569. The maximum absolute atomic E-state index is 4.00. The number of hydrogen-bond acceptors (Lipinski definition) is 3. The number of aromatic nitrogens is 1. The predicted octanol–water partition coefficient (Wildman–Crippen LogP) is 1.64. The molecule has 1 unspecified atom stereocenters. The Bertz CT molecular complexity index is 252. The van der Waals surface area contributed by atoms with Gasteiger partial charge in [0.2, 0.25) is 0 Å². The Morgan fingerprint density at radius 1 is 1.29 bits per heavy atom. The van der Waals surface area contributed by atoms with Gasteiger partial charge in [-0.1, -0.05) is 6.42 Å². The van der Waals surface area contributed by atoms with Gasteiger partial charge in [0, 0.05) is 30.7 Å². The molecule has 1 aliphatic heterocycles. The van der Waals surface area contributed by atoms with Crippen LogP contribution >= 0.6 is 0 Å². The zero-order valence-corrected chi connectivity index (χ0v) is 8.37. The molecule has 1 aromatic rings. The Kier molecular flexibility index (Phi) is 3.35. The summed E-state index contributed by atoms with van der Waals surface area (Å²) < 4.78 is 0. The van der Waals surface area contributed by atoms with E-state index in [4.69, 9.17) is 0 Å². The van der Waals surface area contributed by atoms with E-state index in [0.29, 0.717) is 6.04 Å². The van der Waals surface area contributed by atoms with Gasteiger partial charge in [-0.05, 0) is 31.5 Å². The fourth-order valence-electron chi connectivity index (χ4n) is 1.83. The Morgan fingerprint density at radius 2 is 2.14 bits per heavy atom. The lowest BCUT2D eigenvalue weighted by atomic mass is 10.1. The van der Waals surface area contributed by atoms with E-state index in [1.165, 1.54) is 24.9 Å². The van der Waals surface area contributed by atoms with Crippen molar-refractivity contribution in [2.45, 2.75) is 25.3 Å². The molecule has 1 aliphatic rings.